The van der Waals surface area contributed by atoms with Gasteiger partial charge in [-0.1, -0.05) is 0 Å². The van der Waals surface area contributed by atoms with Crippen LogP contribution in [-0.2, 0) is 6.61 Å². The fraction of sp³-hybridized carbons (Fsp3) is 0.111. The molecule has 0 fully saturated rings. The number of H-pyrrole nitrogens is 1. The van der Waals surface area contributed by atoms with E-state index in [1.165, 1.54) is 12.1 Å². The van der Waals surface area contributed by atoms with Gasteiger partial charge in [0.25, 0.3) is 0 Å². The minimum Gasteiger partial charge on any atom is -0.390 e. The van der Waals surface area contributed by atoms with Gasteiger partial charge >= 0.3 is 0 Å². The Balaban J connectivity index is 2.75. The van der Waals surface area contributed by atoms with Crippen LogP contribution in [-0.4, -0.2) is 10.1 Å². The molecule has 0 bridgehead atoms. The van der Waals surface area contributed by atoms with Crippen LogP contribution < -0.4 is 0 Å². The summed E-state index contributed by atoms with van der Waals surface area (Å²) in [5.41, 5.74) is 1.49. The quantitative estimate of drug-likeness (QED) is 0.794. The predicted molar refractivity (Wildman–Crippen MR) is 51.9 cm³/mol. The molecule has 4 heteroatoms. The van der Waals surface area contributed by atoms with E-state index in [0.717, 1.165) is 10.9 Å². The molecule has 0 aliphatic rings. The fourth-order valence-electron chi connectivity index (χ4n) is 1.31. The molecule has 2 N–H and O–H groups in total. The van der Waals surface area contributed by atoms with Crippen molar-refractivity contribution in [1.29, 1.82) is 0 Å². The zero-order chi connectivity index (χ0) is 9.42. The fourth-order valence-corrected chi connectivity index (χ4v) is 1.86. The summed E-state index contributed by atoms with van der Waals surface area (Å²) in [5.74, 6) is -0.289. The lowest BCUT2D eigenvalue weighted by atomic mass is 10.2. The van der Waals surface area contributed by atoms with E-state index in [1.54, 1.807) is 6.07 Å². The molecule has 0 unspecified atom stereocenters. The van der Waals surface area contributed by atoms with E-state index in [1.807, 2.05) is 0 Å². The molecule has 2 aromatic rings. The number of nitrogens with one attached hydrogen (secondary N) is 1. The number of aromatic nitrogens is 1. The first-order valence-electron chi connectivity index (χ1n) is 3.78. The van der Waals surface area contributed by atoms with Gasteiger partial charge in [0, 0.05) is 15.6 Å². The first kappa shape index (κ1) is 8.72. The highest BCUT2D eigenvalue weighted by Gasteiger charge is 2.05. The van der Waals surface area contributed by atoms with Crippen LogP contribution in [0.5, 0.6) is 0 Å². The van der Waals surface area contributed by atoms with Crippen LogP contribution in [0.3, 0.4) is 0 Å². The maximum atomic E-state index is 12.9. The number of aromatic amines is 1. The smallest absolute Gasteiger partial charge is 0.125 e. The van der Waals surface area contributed by atoms with Crippen molar-refractivity contribution in [3.8, 4) is 0 Å². The van der Waals surface area contributed by atoms with Gasteiger partial charge in [0.05, 0.1) is 12.1 Å². The van der Waals surface area contributed by atoms with E-state index < -0.39 is 0 Å². The standard InChI is InChI=1S/C9H7BrFNO/c10-8-3-6(11)1-5-2-7(4-13)12-9(5)8/h1-3,12-13H,4H2. The van der Waals surface area contributed by atoms with Gasteiger partial charge < -0.3 is 10.1 Å². The molecule has 1 aromatic heterocycles. The summed E-state index contributed by atoms with van der Waals surface area (Å²) < 4.78 is 13.6. The number of benzene rings is 1. The van der Waals surface area contributed by atoms with Gasteiger partial charge in [-0.05, 0) is 34.1 Å². The van der Waals surface area contributed by atoms with Crippen molar-refractivity contribution < 1.29 is 9.50 Å². The van der Waals surface area contributed by atoms with E-state index >= 15 is 0 Å². The number of halogens is 2. The second-order valence-corrected chi connectivity index (χ2v) is 3.66. The van der Waals surface area contributed by atoms with Gasteiger partial charge in [-0.2, -0.15) is 0 Å². The molecule has 1 aromatic carbocycles. The monoisotopic (exact) mass is 243 g/mol. The molecule has 0 amide bonds. The number of aliphatic hydroxyl groups is 1. The van der Waals surface area contributed by atoms with Crippen molar-refractivity contribution in [3.05, 3.63) is 34.2 Å². The molecule has 0 aliphatic carbocycles. The third kappa shape index (κ3) is 1.47. The number of hydrogen-bond acceptors (Lipinski definition) is 1. The second kappa shape index (κ2) is 3.12. The Kier molecular flexibility index (Phi) is 2.09. The topological polar surface area (TPSA) is 36.0 Å². The normalized spacial score (nSPS) is 11.0. The van der Waals surface area contributed by atoms with Crippen molar-refractivity contribution in [2.75, 3.05) is 0 Å². The van der Waals surface area contributed by atoms with Gasteiger partial charge in [0.2, 0.25) is 0 Å². The van der Waals surface area contributed by atoms with Gasteiger partial charge in [0.15, 0.2) is 0 Å². The molecule has 0 saturated heterocycles. The largest absolute Gasteiger partial charge is 0.390 e. The van der Waals surface area contributed by atoms with Gasteiger partial charge in [-0.3, -0.25) is 0 Å². The number of hydrogen-bond donors (Lipinski definition) is 2. The molecule has 2 nitrogen and oxygen atoms in total. The third-order valence-corrected chi connectivity index (χ3v) is 2.50. The second-order valence-electron chi connectivity index (χ2n) is 2.80. The van der Waals surface area contributed by atoms with Crippen LogP contribution in [0.2, 0.25) is 0 Å². The third-order valence-electron chi connectivity index (χ3n) is 1.87. The average molecular weight is 244 g/mol. The SMILES string of the molecule is OCc1cc2cc(F)cc(Br)c2[nH]1. The summed E-state index contributed by atoms with van der Waals surface area (Å²) in [4.78, 5) is 2.98. The van der Waals surface area contributed by atoms with E-state index in [4.69, 9.17) is 5.11 Å². The minimum absolute atomic E-state index is 0.0667. The summed E-state index contributed by atoms with van der Waals surface area (Å²) in [6, 6.07) is 4.54. The Hall–Kier alpha value is -0.870. The van der Waals surface area contributed by atoms with Crippen molar-refractivity contribution in [3.63, 3.8) is 0 Å². The first-order valence-corrected chi connectivity index (χ1v) is 4.57. The predicted octanol–water partition coefficient (Wildman–Crippen LogP) is 2.56. The lowest BCUT2D eigenvalue weighted by molar-refractivity contribution is 0.278. The highest BCUT2D eigenvalue weighted by Crippen LogP contribution is 2.25. The number of fused-ring (bicyclic) bond motifs is 1. The summed E-state index contributed by atoms with van der Waals surface area (Å²) in [5, 5.41) is 9.62. The zero-order valence-electron chi connectivity index (χ0n) is 6.64. The summed E-state index contributed by atoms with van der Waals surface area (Å²) >= 11 is 3.24. The molecule has 0 spiro atoms. The van der Waals surface area contributed by atoms with Gasteiger partial charge in [0.1, 0.15) is 5.82 Å². The molecule has 0 aliphatic heterocycles. The Labute approximate surface area is 82.5 Å². The molecule has 0 atom stereocenters. The molecule has 68 valence electrons. The van der Waals surface area contributed by atoms with Crippen molar-refractivity contribution in [2.45, 2.75) is 6.61 Å². The summed E-state index contributed by atoms with van der Waals surface area (Å²) in [6.07, 6.45) is 0. The van der Waals surface area contributed by atoms with Crippen molar-refractivity contribution in [1.82, 2.24) is 4.98 Å². The Bertz CT molecular complexity index is 452. The number of aliphatic hydroxyl groups excluding tert-OH is 1. The average Bonchev–Trinajstić information content (AvgIpc) is 2.47. The molecular formula is C9H7BrFNO. The van der Waals surface area contributed by atoms with Crippen LogP contribution >= 0.6 is 15.9 Å². The molecule has 1 heterocycles. The zero-order valence-corrected chi connectivity index (χ0v) is 8.23. The van der Waals surface area contributed by atoms with E-state index in [-0.39, 0.29) is 12.4 Å². The van der Waals surface area contributed by atoms with E-state index in [2.05, 4.69) is 20.9 Å². The molecular weight excluding hydrogens is 237 g/mol. The highest BCUT2D eigenvalue weighted by molar-refractivity contribution is 9.10. The van der Waals surface area contributed by atoms with Crippen LogP contribution in [0.25, 0.3) is 10.9 Å². The Morgan fingerprint density at radius 1 is 1.38 bits per heavy atom. The Morgan fingerprint density at radius 3 is 2.85 bits per heavy atom. The molecule has 0 radical (unpaired) electrons. The number of rotatable bonds is 1. The molecule has 13 heavy (non-hydrogen) atoms. The lowest BCUT2D eigenvalue weighted by Crippen LogP contribution is -1.80. The summed E-state index contributed by atoms with van der Waals surface area (Å²) in [6.45, 7) is -0.0667. The maximum absolute atomic E-state index is 12.9. The van der Waals surface area contributed by atoms with Crippen LogP contribution in [0, 0.1) is 5.82 Å². The van der Waals surface area contributed by atoms with E-state index in [0.29, 0.717) is 10.2 Å². The molecule has 2 rings (SSSR count). The Morgan fingerprint density at radius 2 is 2.15 bits per heavy atom. The van der Waals surface area contributed by atoms with Crippen LogP contribution in [0.1, 0.15) is 5.69 Å². The highest BCUT2D eigenvalue weighted by atomic mass is 79.9. The van der Waals surface area contributed by atoms with Crippen molar-refractivity contribution >= 4 is 26.8 Å². The van der Waals surface area contributed by atoms with Crippen molar-refractivity contribution in [2.24, 2.45) is 0 Å². The van der Waals surface area contributed by atoms with Crippen LogP contribution in [0.15, 0.2) is 22.7 Å². The lowest BCUT2D eigenvalue weighted by Gasteiger charge is -1.93. The van der Waals surface area contributed by atoms with Gasteiger partial charge in [-0.25, -0.2) is 4.39 Å². The van der Waals surface area contributed by atoms with E-state index in [9.17, 15) is 4.39 Å². The van der Waals surface area contributed by atoms with Crippen LogP contribution in [0.4, 0.5) is 4.39 Å². The maximum Gasteiger partial charge on any atom is 0.125 e. The minimum atomic E-state index is -0.289. The molecule has 0 saturated carbocycles. The first-order chi connectivity index (χ1) is 6.20. The van der Waals surface area contributed by atoms with Gasteiger partial charge in [-0.15, -0.1) is 0 Å². The summed E-state index contributed by atoms with van der Waals surface area (Å²) in [7, 11) is 0.